The molecule has 0 aromatic heterocycles. The standard InChI is InChI=1S/C20H30N4O6/c1-11(2)16(21)19(28)22-10-15(26)23-14(9-13-7-5-4-6-8-13)18(27)24-17(12(3)25)20(29)30/h4-8,11-12,14,16-17,25H,9-10,21H2,1-3H3,(H,22,28)(H,23,26)(H,24,27)(H,29,30). The molecule has 0 saturated heterocycles. The first-order valence-electron chi connectivity index (χ1n) is 9.60. The van der Waals surface area contributed by atoms with Gasteiger partial charge >= 0.3 is 5.97 Å². The second-order valence-electron chi connectivity index (χ2n) is 7.36. The van der Waals surface area contributed by atoms with Gasteiger partial charge < -0.3 is 31.9 Å². The van der Waals surface area contributed by atoms with Crippen molar-refractivity contribution in [2.45, 2.75) is 51.4 Å². The second-order valence-corrected chi connectivity index (χ2v) is 7.36. The fourth-order valence-corrected chi connectivity index (χ4v) is 2.53. The number of carboxylic acid groups (broad SMARTS) is 1. The first kappa shape index (κ1) is 25.1. The molecule has 0 spiro atoms. The third-order valence-corrected chi connectivity index (χ3v) is 4.42. The largest absolute Gasteiger partial charge is 0.480 e. The molecule has 1 aromatic carbocycles. The Balaban J connectivity index is 2.85. The maximum Gasteiger partial charge on any atom is 0.328 e. The smallest absolute Gasteiger partial charge is 0.328 e. The Labute approximate surface area is 175 Å². The van der Waals surface area contributed by atoms with Crippen molar-refractivity contribution in [1.29, 1.82) is 0 Å². The molecule has 1 aromatic rings. The predicted octanol–water partition coefficient (Wildman–Crippen LogP) is -1.24. The van der Waals surface area contributed by atoms with Crippen molar-refractivity contribution in [1.82, 2.24) is 16.0 Å². The van der Waals surface area contributed by atoms with Crippen LogP contribution in [0.4, 0.5) is 0 Å². The number of nitrogens with one attached hydrogen (secondary N) is 3. The van der Waals surface area contributed by atoms with Crippen LogP contribution in [0.3, 0.4) is 0 Å². The average molecular weight is 422 g/mol. The molecule has 0 fully saturated rings. The number of carboxylic acids is 1. The SMILES string of the molecule is CC(C)C(N)C(=O)NCC(=O)NC(Cc1ccccc1)C(=O)NC(C(=O)O)C(C)O. The summed E-state index contributed by atoms with van der Waals surface area (Å²) in [6.45, 7) is 4.38. The van der Waals surface area contributed by atoms with Gasteiger partial charge in [0.25, 0.3) is 0 Å². The lowest BCUT2D eigenvalue weighted by Crippen LogP contribution is -2.56. The lowest BCUT2D eigenvalue weighted by atomic mass is 10.0. The lowest BCUT2D eigenvalue weighted by molar-refractivity contribution is -0.145. The number of rotatable bonds is 11. The van der Waals surface area contributed by atoms with Crippen LogP contribution >= 0.6 is 0 Å². The van der Waals surface area contributed by atoms with Gasteiger partial charge in [-0.25, -0.2) is 4.79 Å². The summed E-state index contributed by atoms with van der Waals surface area (Å²) < 4.78 is 0. The van der Waals surface area contributed by atoms with Gasteiger partial charge in [-0.1, -0.05) is 44.2 Å². The van der Waals surface area contributed by atoms with E-state index in [0.717, 1.165) is 5.56 Å². The van der Waals surface area contributed by atoms with Crippen LogP contribution in [0.25, 0.3) is 0 Å². The molecule has 4 atom stereocenters. The normalized spacial score (nSPS) is 14.9. The Morgan fingerprint density at radius 3 is 2.10 bits per heavy atom. The Hall–Kier alpha value is -2.98. The first-order valence-corrected chi connectivity index (χ1v) is 9.60. The van der Waals surface area contributed by atoms with Crippen molar-refractivity contribution in [3.05, 3.63) is 35.9 Å². The molecule has 0 aliphatic heterocycles. The molecule has 1 rings (SSSR count). The van der Waals surface area contributed by atoms with E-state index in [0.29, 0.717) is 0 Å². The highest BCUT2D eigenvalue weighted by Gasteiger charge is 2.29. The molecule has 4 unspecified atom stereocenters. The van der Waals surface area contributed by atoms with Gasteiger partial charge in [0.15, 0.2) is 6.04 Å². The summed E-state index contributed by atoms with van der Waals surface area (Å²) in [7, 11) is 0. The van der Waals surface area contributed by atoms with Gasteiger partial charge in [-0.3, -0.25) is 14.4 Å². The van der Waals surface area contributed by atoms with Crippen molar-refractivity contribution in [3.63, 3.8) is 0 Å². The zero-order chi connectivity index (χ0) is 22.8. The van der Waals surface area contributed by atoms with Gasteiger partial charge in [0.1, 0.15) is 6.04 Å². The minimum absolute atomic E-state index is 0.0873. The van der Waals surface area contributed by atoms with Crippen LogP contribution < -0.4 is 21.7 Å². The van der Waals surface area contributed by atoms with E-state index in [-0.39, 0.29) is 12.3 Å². The summed E-state index contributed by atoms with van der Waals surface area (Å²) in [4.78, 5) is 48.1. The number of carbonyl (C=O) groups is 4. The molecule has 0 aliphatic rings. The van der Waals surface area contributed by atoms with E-state index in [9.17, 15) is 24.3 Å². The summed E-state index contributed by atoms with van der Waals surface area (Å²) in [5.74, 6) is -3.43. The minimum atomic E-state index is -1.53. The Kier molecular flexibility index (Phi) is 9.93. The highest BCUT2D eigenvalue weighted by Crippen LogP contribution is 2.05. The van der Waals surface area contributed by atoms with Crippen molar-refractivity contribution in [2.24, 2.45) is 11.7 Å². The van der Waals surface area contributed by atoms with Crippen LogP contribution in [0.5, 0.6) is 0 Å². The van der Waals surface area contributed by atoms with E-state index in [1.807, 2.05) is 0 Å². The van der Waals surface area contributed by atoms with Crippen LogP contribution in [0.15, 0.2) is 30.3 Å². The van der Waals surface area contributed by atoms with Crippen LogP contribution in [0.2, 0.25) is 0 Å². The fourth-order valence-electron chi connectivity index (χ4n) is 2.53. The maximum atomic E-state index is 12.6. The fraction of sp³-hybridized carbons (Fsp3) is 0.500. The number of carbonyl (C=O) groups excluding carboxylic acids is 3. The predicted molar refractivity (Wildman–Crippen MR) is 109 cm³/mol. The van der Waals surface area contributed by atoms with Gasteiger partial charge in [0, 0.05) is 6.42 Å². The average Bonchev–Trinajstić information content (AvgIpc) is 2.69. The van der Waals surface area contributed by atoms with Crippen LogP contribution in [-0.4, -0.2) is 64.7 Å². The van der Waals surface area contributed by atoms with Crippen LogP contribution in [0.1, 0.15) is 26.3 Å². The van der Waals surface area contributed by atoms with Crippen LogP contribution in [-0.2, 0) is 25.6 Å². The molecule has 0 heterocycles. The molecular formula is C20H30N4O6. The third-order valence-electron chi connectivity index (χ3n) is 4.42. The number of nitrogens with two attached hydrogens (primary N) is 1. The molecule has 166 valence electrons. The van der Waals surface area contributed by atoms with Crippen molar-refractivity contribution < 1.29 is 29.4 Å². The van der Waals surface area contributed by atoms with E-state index in [1.165, 1.54) is 6.92 Å². The summed E-state index contributed by atoms with van der Waals surface area (Å²) in [5.41, 5.74) is 6.45. The summed E-state index contributed by atoms with van der Waals surface area (Å²) in [5, 5.41) is 25.9. The van der Waals surface area contributed by atoms with Gasteiger partial charge in [0.2, 0.25) is 17.7 Å². The quantitative estimate of drug-likeness (QED) is 0.259. The number of hydrogen-bond donors (Lipinski definition) is 6. The maximum absolute atomic E-state index is 12.6. The highest BCUT2D eigenvalue weighted by atomic mass is 16.4. The summed E-state index contributed by atoms with van der Waals surface area (Å²) in [6, 6.07) is 5.39. The van der Waals surface area contributed by atoms with Gasteiger partial charge in [-0.2, -0.15) is 0 Å². The van der Waals surface area contributed by atoms with E-state index in [4.69, 9.17) is 10.8 Å². The highest BCUT2D eigenvalue weighted by molar-refractivity contribution is 5.92. The lowest BCUT2D eigenvalue weighted by Gasteiger charge is -2.23. The molecular weight excluding hydrogens is 392 g/mol. The number of amides is 3. The van der Waals surface area contributed by atoms with Crippen molar-refractivity contribution >= 4 is 23.7 Å². The molecule has 0 radical (unpaired) electrons. The Bertz CT molecular complexity index is 738. The van der Waals surface area contributed by atoms with Gasteiger partial charge in [0.05, 0.1) is 18.7 Å². The number of aliphatic hydroxyl groups excluding tert-OH is 1. The molecule has 7 N–H and O–H groups in total. The zero-order valence-corrected chi connectivity index (χ0v) is 17.3. The molecule has 0 aliphatic carbocycles. The zero-order valence-electron chi connectivity index (χ0n) is 17.3. The second kappa shape index (κ2) is 11.9. The Morgan fingerprint density at radius 1 is 1.00 bits per heavy atom. The van der Waals surface area contributed by atoms with E-state index < -0.39 is 54.5 Å². The number of hydrogen-bond acceptors (Lipinski definition) is 6. The molecule has 30 heavy (non-hydrogen) atoms. The molecule has 0 bridgehead atoms. The Morgan fingerprint density at radius 2 is 1.60 bits per heavy atom. The van der Waals surface area contributed by atoms with E-state index in [1.54, 1.807) is 44.2 Å². The number of aliphatic hydroxyl groups is 1. The molecule has 10 nitrogen and oxygen atoms in total. The first-order chi connectivity index (χ1) is 14.0. The van der Waals surface area contributed by atoms with E-state index >= 15 is 0 Å². The number of aliphatic carboxylic acids is 1. The monoisotopic (exact) mass is 422 g/mol. The molecule has 3 amide bonds. The van der Waals surface area contributed by atoms with E-state index in [2.05, 4.69) is 16.0 Å². The minimum Gasteiger partial charge on any atom is -0.480 e. The molecule has 10 heteroatoms. The van der Waals surface area contributed by atoms with Gasteiger partial charge in [-0.15, -0.1) is 0 Å². The van der Waals surface area contributed by atoms with Gasteiger partial charge in [-0.05, 0) is 18.4 Å². The van der Waals surface area contributed by atoms with Crippen molar-refractivity contribution in [2.75, 3.05) is 6.54 Å². The van der Waals surface area contributed by atoms with Crippen molar-refractivity contribution in [3.8, 4) is 0 Å². The summed E-state index contributed by atoms with van der Waals surface area (Å²) in [6.07, 6.45) is -1.25. The van der Waals surface area contributed by atoms with Crippen LogP contribution in [0, 0.1) is 5.92 Å². The summed E-state index contributed by atoms with van der Waals surface area (Å²) >= 11 is 0. The molecule has 0 saturated carbocycles. The third kappa shape index (κ3) is 8.18. The topological polar surface area (TPSA) is 171 Å². The number of benzene rings is 1.